The topological polar surface area (TPSA) is 70.2 Å². The zero-order chi connectivity index (χ0) is 23.8. The van der Waals surface area contributed by atoms with Crippen molar-refractivity contribution in [2.24, 2.45) is 0 Å². The smallest absolute Gasteiger partial charge is 0.254 e. The van der Waals surface area contributed by atoms with Gasteiger partial charge in [0.1, 0.15) is 10.7 Å². The van der Waals surface area contributed by atoms with E-state index >= 15 is 0 Å². The standard InChI is InChI=1S/C23H27ClFN3O4S/c1-16-14-28(15-17(2)32-16)33(30,31)22-13-18(3-8-21(22)24)23(29)27-11-9-26(10-12-27)20-6-4-19(25)5-7-20/h3-8,13,16-17H,9-12,14-15H2,1-2H3. The van der Waals surface area contributed by atoms with E-state index in [0.29, 0.717) is 26.2 Å². The first kappa shape index (κ1) is 23.9. The molecule has 2 aromatic rings. The highest BCUT2D eigenvalue weighted by atomic mass is 35.5. The molecule has 10 heteroatoms. The first-order valence-electron chi connectivity index (χ1n) is 10.9. The third-order valence-corrected chi connectivity index (χ3v) is 8.25. The number of rotatable bonds is 4. The minimum Gasteiger partial charge on any atom is -0.373 e. The van der Waals surface area contributed by atoms with E-state index in [1.807, 2.05) is 13.8 Å². The molecule has 2 saturated heterocycles. The predicted octanol–water partition coefficient (Wildman–Crippen LogP) is 3.24. The number of ether oxygens (including phenoxy) is 1. The molecule has 0 saturated carbocycles. The van der Waals surface area contributed by atoms with E-state index in [2.05, 4.69) is 4.90 Å². The maximum absolute atomic E-state index is 13.3. The number of piperazine rings is 1. The van der Waals surface area contributed by atoms with Gasteiger partial charge in [0, 0.05) is 50.5 Å². The second-order valence-electron chi connectivity index (χ2n) is 8.48. The summed E-state index contributed by atoms with van der Waals surface area (Å²) in [5.41, 5.74) is 1.18. The molecule has 2 atom stereocenters. The Morgan fingerprint density at radius 1 is 1.00 bits per heavy atom. The Bertz CT molecular complexity index is 1110. The Kier molecular flexibility index (Phi) is 6.95. The first-order valence-corrected chi connectivity index (χ1v) is 12.7. The van der Waals surface area contributed by atoms with Crippen molar-refractivity contribution in [2.75, 3.05) is 44.2 Å². The molecule has 2 fully saturated rings. The Balaban J connectivity index is 1.49. The minimum absolute atomic E-state index is 0.0683. The van der Waals surface area contributed by atoms with Crippen LogP contribution in [0.25, 0.3) is 0 Å². The summed E-state index contributed by atoms with van der Waals surface area (Å²) in [6.07, 6.45) is -0.464. The van der Waals surface area contributed by atoms with Gasteiger partial charge in [-0.25, -0.2) is 12.8 Å². The van der Waals surface area contributed by atoms with Crippen LogP contribution in [-0.4, -0.2) is 75.0 Å². The highest BCUT2D eigenvalue weighted by molar-refractivity contribution is 7.89. The normalized spacial score (nSPS) is 22.4. The molecule has 178 valence electrons. The third-order valence-electron chi connectivity index (χ3n) is 5.94. The van der Waals surface area contributed by atoms with Crippen LogP contribution in [0.4, 0.5) is 10.1 Å². The lowest BCUT2D eigenvalue weighted by atomic mass is 10.1. The summed E-state index contributed by atoms with van der Waals surface area (Å²) < 4.78 is 46.8. The van der Waals surface area contributed by atoms with Crippen LogP contribution in [0.2, 0.25) is 5.02 Å². The van der Waals surface area contributed by atoms with E-state index < -0.39 is 10.0 Å². The van der Waals surface area contributed by atoms with Gasteiger partial charge < -0.3 is 14.5 Å². The number of halogens is 2. The molecule has 2 unspecified atom stereocenters. The van der Waals surface area contributed by atoms with Crippen molar-refractivity contribution >= 4 is 33.2 Å². The second kappa shape index (κ2) is 9.58. The molecule has 4 rings (SSSR count). The number of nitrogens with zero attached hydrogens (tertiary/aromatic N) is 3. The fourth-order valence-corrected chi connectivity index (χ4v) is 6.39. The lowest BCUT2D eigenvalue weighted by Crippen LogP contribution is -2.49. The zero-order valence-corrected chi connectivity index (χ0v) is 20.2. The van der Waals surface area contributed by atoms with Crippen LogP contribution in [0, 0.1) is 5.82 Å². The Morgan fingerprint density at radius 3 is 2.21 bits per heavy atom. The Labute approximate surface area is 198 Å². The van der Waals surface area contributed by atoms with Gasteiger partial charge in [-0.2, -0.15) is 4.31 Å². The van der Waals surface area contributed by atoms with Crippen LogP contribution < -0.4 is 4.90 Å². The van der Waals surface area contributed by atoms with Gasteiger partial charge in [0.05, 0.1) is 17.2 Å². The SMILES string of the molecule is CC1CN(S(=O)(=O)c2cc(C(=O)N3CCN(c4ccc(F)cc4)CC3)ccc2Cl)CC(C)O1. The van der Waals surface area contributed by atoms with Gasteiger partial charge in [-0.3, -0.25) is 4.79 Å². The van der Waals surface area contributed by atoms with Gasteiger partial charge >= 0.3 is 0 Å². The molecule has 0 aromatic heterocycles. The van der Waals surface area contributed by atoms with E-state index in [0.717, 1.165) is 5.69 Å². The van der Waals surface area contributed by atoms with Gasteiger partial charge in [-0.1, -0.05) is 11.6 Å². The largest absolute Gasteiger partial charge is 0.373 e. The van der Waals surface area contributed by atoms with Crippen LogP contribution in [-0.2, 0) is 14.8 Å². The lowest BCUT2D eigenvalue weighted by molar-refractivity contribution is -0.0440. The monoisotopic (exact) mass is 495 g/mol. The molecule has 1 amide bonds. The summed E-state index contributed by atoms with van der Waals surface area (Å²) in [7, 11) is -3.88. The molecule has 0 N–H and O–H groups in total. The van der Waals surface area contributed by atoms with Gasteiger partial charge in [0.2, 0.25) is 10.0 Å². The summed E-state index contributed by atoms with van der Waals surface area (Å²) in [5, 5.41) is 0.0828. The molecule has 2 aliphatic heterocycles. The molecule has 2 aliphatic rings. The molecular formula is C23H27ClFN3O4S. The van der Waals surface area contributed by atoms with Gasteiger partial charge in [-0.05, 0) is 56.3 Å². The van der Waals surface area contributed by atoms with Crippen molar-refractivity contribution in [1.29, 1.82) is 0 Å². The number of hydrogen-bond acceptors (Lipinski definition) is 5. The van der Waals surface area contributed by atoms with Crippen LogP contribution in [0.1, 0.15) is 24.2 Å². The zero-order valence-electron chi connectivity index (χ0n) is 18.6. The van der Waals surface area contributed by atoms with Crippen molar-refractivity contribution < 1.29 is 22.3 Å². The van der Waals surface area contributed by atoms with Crippen molar-refractivity contribution in [2.45, 2.75) is 31.0 Å². The average molecular weight is 496 g/mol. The summed E-state index contributed by atoms with van der Waals surface area (Å²) >= 11 is 6.27. The van der Waals surface area contributed by atoms with Crippen LogP contribution >= 0.6 is 11.6 Å². The van der Waals surface area contributed by atoms with Gasteiger partial charge in [-0.15, -0.1) is 0 Å². The summed E-state index contributed by atoms with van der Waals surface area (Å²) in [6.45, 7) is 6.24. The molecule has 2 heterocycles. The van der Waals surface area contributed by atoms with Crippen molar-refractivity contribution in [3.8, 4) is 0 Å². The van der Waals surface area contributed by atoms with Crippen LogP contribution in [0.3, 0.4) is 0 Å². The fourth-order valence-electron chi connectivity index (χ4n) is 4.30. The number of hydrogen-bond donors (Lipinski definition) is 0. The minimum atomic E-state index is -3.88. The van der Waals surface area contributed by atoms with Crippen molar-refractivity contribution in [1.82, 2.24) is 9.21 Å². The van der Waals surface area contributed by atoms with E-state index in [9.17, 15) is 17.6 Å². The van der Waals surface area contributed by atoms with Crippen LogP contribution in [0.5, 0.6) is 0 Å². The maximum Gasteiger partial charge on any atom is 0.254 e. The lowest BCUT2D eigenvalue weighted by Gasteiger charge is -2.36. The highest BCUT2D eigenvalue weighted by Crippen LogP contribution is 2.29. The number of carbonyl (C=O) groups is 1. The molecule has 0 radical (unpaired) electrons. The van der Waals surface area contributed by atoms with Gasteiger partial charge in [0.15, 0.2) is 0 Å². The average Bonchev–Trinajstić information content (AvgIpc) is 2.79. The number of benzene rings is 2. The Morgan fingerprint density at radius 2 is 1.61 bits per heavy atom. The molecule has 0 aliphatic carbocycles. The molecule has 33 heavy (non-hydrogen) atoms. The van der Waals surface area contributed by atoms with Crippen LogP contribution in [0.15, 0.2) is 47.4 Å². The molecule has 0 bridgehead atoms. The predicted molar refractivity (Wildman–Crippen MR) is 125 cm³/mol. The number of amides is 1. The van der Waals surface area contributed by atoms with E-state index in [4.69, 9.17) is 16.3 Å². The summed E-state index contributed by atoms with van der Waals surface area (Å²) in [5.74, 6) is -0.535. The molecule has 7 nitrogen and oxygen atoms in total. The van der Waals surface area contributed by atoms with Crippen molar-refractivity contribution in [3.63, 3.8) is 0 Å². The van der Waals surface area contributed by atoms with E-state index in [1.165, 1.54) is 28.6 Å². The molecular weight excluding hydrogens is 469 g/mol. The van der Waals surface area contributed by atoms with Gasteiger partial charge in [0.25, 0.3) is 5.91 Å². The second-order valence-corrected chi connectivity index (χ2v) is 10.8. The van der Waals surface area contributed by atoms with Crippen molar-refractivity contribution in [3.05, 3.63) is 58.9 Å². The summed E-state index contributed by atoms with van der Waals surface area (Å²) in [6, 6.07) is 10.7. The number of morpholine rings is 1. The quantitative estimate of drug-likeness (QED) is 0.651. The van der Waals surface area contributed by atoms with E-state index in [1.54, 1.807) is 23.1 Å². The number of anilines is 1. The third kappa shape index (κ3) is 5.16. The molecule has 2 aromatic carbocycles. The molecule has 0 spiro atoms. The number of sulfonamides is 1. The fraction of sp³-hybridized carbons (Fsp3) is 0.435. The summed E-state index contributed by atoms with van der Waals surface area (Å²) in [4.78, 5) is 16.9. The maximum atomic E-state index is 13.3. The highest BCUT2D eigenvalue weighted by Gasteiger charge is 2.34. The van der Waals surface area contributed by atoms with E-state index in [-0.39, 0.29) is 52.5 Å². The number of carbonyl (C=O) groups excluding carboxylic acids is 1. The Hall–Kier alpha value is -2.20. The first-order chi connectivity index (χ1) is 15.6.